The van der Waals surface area contributed by atoms with Gasteiger partial charge in [-0.15, -0.1) is 22.6 Å². The maximum absolute atomic E-state index is 14.2. The van der Waals surface area contributed by atoms with E-state index in [9.17, 15) is 35.9 Å². The predicted molar refractivity (Wildman–Crippen MR) is 117 cm³/mol. The van der Waals surface area contributed by atoms with E-state index in [0.29, 0.717) is 12.1 Å². The van der Waals surface area contributed by atoms with Gasteiger partial charge in [0.05, 0.1) is 12.6 Å². The molecule has 0 spiro atoms. The molecule has 2 unspecified atom stereocenters. The van der Waals surface area contributed by atoms with Crippen molar-refractivity contribution < 1.29 is 35.9 Å². The molecule has 2 aromatic rings. The minimum atomic E-state index is -4.70. The average Bonchev–Trinajstić information content (AvgIpc) is 3.20. The Labute approximate surface area is 208 Å². The van der Waals surface area contributed by atoms with E-state index in [1.54, 1.807) is 13.8 Å². The number of nitrogens with zero attached hydrogens (tertiary/aromatic N) is 4. The fraction of sp³-hybridized carbons (Fsp3) is 0.524. The van der Waals surface area contributed by atoms with E-state index in [1.807, 2.05) is 0 Å². The monoisotopic (exact) mass is 542 g/mol. The second kappa shape index (κ2) is 11.5. The first-order valence-electron chi connectivity index (χ1n) is 10.7. The molecule has 3 N–H and O–H groups in total. The lowest BCUT2D eigenvalue weighted by Crippen LogP contribution is -2.50. The zero-order valence-corrected chi connectivity index (χ0v) is 20.1. The molecule has 3 rings (SSSR count). The standard InChI is InChI=1S/C21H24F6N6O2.ClH/c1-10(2)18(28)19(35)29-12(5-11-6-14(23)15(24)8-13(11)22)7-17(34)32-3-4-33-16(9-32)30-31-20(33)21(25,26)27;/h6,8,10,12,18H,3-5,7,9,28H2,1-2H3,(H,29,35);1H. The number of rotatable bonds is 7. The SMILES string of the molecule is CC(C)C(N)C(=O)NC(CC(=O)N1CCn2c(nnc2C(F)(F)F)C1)Cc1cc(F)c(F)cc1F.Cl. The first-order valence-corrected chi connectivity index (χ1v) is 10.7. The van der Waals surface area contributed by atoms with Crippen molar-refractivity contribution in [3.63, 3.8) is 0 Å². The summed E-state index contributed by atoms with van der Waals surface area (Å²) in [6.45, 7) is 2.85. The van der Waals surface area contributed by atoms with E-state index in [1.165, 1.54) is 4.90 Å². The Morgan fingerprint density at radius 3 is 2.33 bits per heavy atom. The molecule has 0 fully saturated rings. The van der Waals surface area contributed by atoms with Crippen molar-refractivity contribution >= 4 is 24.2 Å². The maximum atomic E-state index is 14.2. The molecule has 0 bridgehead atoms. The molecule has 0 aliphatic carbocycles. The molecule has 8 nitrogen and oxygen atoms in total. The van der Waals surface area contributed by atoms with E-state index in [4.69, 9.17) is 5.73 Å². The summed E-state index contributed by atoms with van der Waals surface area (Å²) in [5.41, 5.74) is 5.57. The van der Waals surface area contributed by atoms with Crippen LogP contribution < -0.4 is 11.1 Å². The van der Waals surface area contributed by atoms with E-state index in [0.717, 1.165) is 4.57 Å². The van der Waals surface area contributed by atoms with Crippen LogP contribution in [0.1, 0.15) is 37.5 Å². The van der Waals surface area contributed by atoms with Crippen molar-refractivity contribution in [2.75, 3.05) is 6.54 Å². The minimum Gasteiger partial charge on any atom is -0.351 e. The summed E-state index contributed by atoms with van der Waals surface area (Å²) in [7, 11) is 0. The van der Waals surface area contributed by atoms with Crippen LogP contribution in [0.15, 0.2) is 12.1 Å². The number of amides is 2. The zero-order chi connectivity index (χ0) is 26.1. The smallest absolute Gasteiger partial charge is 0.351 e. The number of alkyl halides is 3. The summed E-state index contributed by atoms with van der Waals surface area (Å²) < 4.78 is 81.2. The van der Waals surface area contributed by atoms with Gasteiger partial charge in [0.25, 0.3) is 0 Å². The Hall–Kier alpha value is -2.87. The molecule has 15 heteroatoms. The van der Waals surface area contributed by atoms with Gasteiger partial charge in [-0.1, -0.05) is 13.8 Å². The molecule has 0 radical (unpaired) electrons. The largest absolute Gasteiger partial charge is 0.451 e. The molecule has 36 heavy (non-hydrogen) atoms. The van der Waals surface area contributed by atoms with Crippen LogP contribution in [0.3, 0.4) is 0 Å². The van der Waals surface area contributed by atoms with E-state index in [-0.39, 0.29) is 55.8 Å². The summed E-state index contributed by atoms with van der Waals surface area (Å²) in [6.07, 6.45) is -5.45. The van der Waals surface area contributed by atoms with Gasteiger partial charge in [0, 0.05) is 31.6 Å². The highest BCUT2D eigenvalue weighted by Crippen LogP contribution is 2.29. The number of carbonyl (C=O) groups excluding carboxylic acids is 2. The van der Waals surface area contributed by atoms with Crippen molar-refractivity contribution in [1.29, 1.82) is 0 Å². The molecule has 1 aromatic heterocycles. The number of hydrogen-bond donors (Lipinski definition) is 2. The van der Waals surface area contributed by atoms with Gasteiger partial charge in [0.1, 0.15) is 5.82 Å². The van der Waals surface area contributed by atoms with Gasteiger partial charge in [-0.2, -0.15) is 13.2 Å². The van der Waals surface area contributed by atoms with Gasteiger partial charge < -0.3 is 20.5 Å². The first-order chi connectivity index (χ1) is 16.3. The molecular weight excluding hydrogens is 518 g/mol. The number of benzene rings is 1. The molecule has 0 saturated heterocycles. The number of hydrogen-bond acceptors (Lipinski definition) is 5. The number of nitrogens with two attached hydrogens (primary N) is 1. The summed E-state index contributed by atoms with van der Waals surface area (Å²) in [5.74, 6) is -6.44. The molecule has 1 aliphatic rings. The Morgan fingerprint density at radius 2 is 1.72 bits per heavy atom. The number of nitrogens with one attached hydrogen (secondary N) is 1. The molecule has 2 atom stereocenters. The third-order valence-corrected chi connectivity index (χ3v) is 5.70. The van der Waals surface area contributed by atoms with Crippen molar-refractivity contribution in [2.45, 2.75) is 58.0 Å². The fourth-order valence-electron chi connectivity index (χ4n) is 3.68. The summed E-state index contributed by atoms with van der Waals surface area (Å²) in [5, 5.41) is 9.21. The number of halogens is 7. The summed E-state index contributed by atoms with van der Waals surface area (Å²) in [6, 6.07) is -0.999. The maximum Gasteiger partial charge on any atom is 0.451 e. The van der Waals surface area contributed by atoms with E-state index < -0.39 is 59.8 Å². The van der Waals surface area contributed by atoms with Crippen molar-refractivity contribution in [1.82, 2.24) is 25.0 Å². The Balaban J connectivity index is 0.00000456. The molecule has 200 valence electrons. The second-order valence-corrected chi connectivity index (χ2v) is 8.65. The van der Waals surface area contributed by atoms with Crippen LogP contribution in [-0.2, 0) is 35.3 Å². The van der Waals surface area contributed by atoms with Gasteiger partial charge in [-0.25, -0.2) is 13.2 Å². The van der Waals surface area contributed by atoms with Crippen LogP contribution in [0.2, 0.25) is 0 Å². The summed E-state index contributed by atoms with van der Waals surface area (Å²) >= 11 is 0. The molecule has 1 aliphatic heterocycles. The van der Waals surface area contributed by atoms with Crippen molar-refractivity contribution in [2.24, 2.45) is 11.7 Å². The topological polar surface area (TPSA) is 106 Å². The van der Waals surface area contributed by atoms with Gasteiger partial charge in [0.15, 0.2) is 17.5 Å². The average molecular weight is 543 g/mol. The number of carbonyl (C=O) groups is 2. The molecule has 1 aromatic carbocycles. The van der Waals surface area contributed by atoms with Gasteiger partial charge in [-0.3, -0.25) is 9.59 Å². The van der Waals surface area contributed by atoms with Crippen LogP contribution in [0, 0.1) is 23.4 Å². The number of aromatic nitrogens is 3. The van der Waals surface area contributed by atoms with E-state index in [2.05, 4.69) is 15.5 Å². The first kappa shape index (κ1) is 29.4. The fourth-order valence-corrected chi connectivity index (χ4v) is 3.68. The van der Waals surface area contributed by atoms with Crippen LogP contribution in [-0.4, -0.2) is 50.1 Å². The van der Waals surface area contributed by atoms with Crippen LogP contribution >= 0.6 is 12.4 Å². The molecule has 0 saturated carbocycles. The molecular formula is C21H25ClF6N6O2. The lowest BCUT2D eigenvalue weighted by atomic mass is 9.99. The second-order valence-electron chi connectivity index (χ2n) is 8.65. The van der Waals surface area contributed by atoms with Gasteiger partial charge in [-0.05, 0) is 24.0 Å². The van der Waals surface area contributed by atoms with Gasteiger partial charge in [0.2, 0.25) is 17.6 Å². The van der Waals surface area contributed by atoms with Crippen LogP contribution in [0.5, 0.6) is 0 Å². The molecule has 2 heterocycles. The van der Waals surface area contributed by atoms with E-state index >= 15 is 0 Å². The third kappa shape index (κ3) is 6.66. The molecule has 2 amide bonds. The highest BCUT2D eigenvalue weighted by atomic mass is 35.5. The highest BCUT2D eigenvalue weighted by molar-refractivity contribution is 5.85. The lowest BCUT2D eigenvalue weighted by Gasteiger charge is -2.30. The van der Waals surface area contributed by atoms with Crippen molar-refractivity contribution in [3.05, 3.63) is 46.8 Å². The zero-order valence-electron chi connectivity index (χ0n) is 19.3. The highest BCUT2D eigenvalue weighted by Gasteiger charge is 2.40. The lowest BCUT2D eigenvalue weighted by molar-refractivity contribution is -0.148. The quantitative estimate of drug-likeness (QED) is 0.413. The predicted octanol–water partition coefficient (Wildman–Crippen LogP) is 2.58. The van der Waals surface area contributed by atoms with Crippen LogP contribution in [0.25, 0.3) is 0 Å². The van der Waals surface area contributed by atoms with Gasteiger partial charge >= 0.3 is 6.18 Å². The van der Waals surface area contributed by atoms with Crippen molar-refractivity contribution in [3.8, 4) is 0 Å². The normalized spacial score (nSPS) is 15.2. The van der Waals surface area contributed by atoms with Crippen LogP contribution in [0.4, 0.5) is 26.3 Å². The summed E-state index contributed by atoms with van der Waals surface area (Å²) in [4.78, 5) is 26.7. The Bertz CT molecular complexity index is 1110. The third-order valence-electron chi connectivity index (χ3n) is 5.70. The Morgan fingerprint density at radius 1 is 1.08 bits per heavy atom. The number of fused-ring (bicyclic) bond motifs is 1. The Kier molecular flexibility index (Phi) is 9.34. The minimum absolute atomic E-state index is 0.